The van der Waals surface area contributed by atoms with Crippen LogP contribution in [0.1, 0.15) is 19.8 Å². The summed E-state index contributed by atoms with van der Waals surface area (Å²) in [5.74, 6) is 5.75. The number of unbranched alkanes of at least 4 members (excludes halogenated alkanes) is 1. The Morgan fingerprint density at radius 2 is 2.00 bits per heavy atom. The maximum Gasteiger partial charge on any atom is 0.428 e. The van der Waals surface area contributed by atoms with E-state index in [2.05, 4.69) is 0 Å². The standard InChI is InChI=1S/C15H17ClN2O2S/c1-2-3-10-20-15(19)18(17)12-6-4-11(5-7-12)13-8-9-14(16)21-13/h4-9H,2-3,10,17H2,1H3. The summed E-state index contributed by atoms with van der Waals surface area (Å²) >= 11 is 7.43. The Morgan fingerprint density at radius 1 is 1.29 bits per heavy atom. The molecule has 0 fully saturated rings. The monoisotopic (exact) mass is 324 g/mol. The van der Waals surface area contributed by atoms with Crippen LogP contribution >= 0.6 is 22.9 Å². The van der Waals surface area contributed by atoms with Gasteiger partial charge in [-0.15, -0.1) is 11.3 Å². The molecule has 1 aromatic carbocycles. The highest BCUT2D eigenvalue weighted by Gasteiger charge is 2.13. The maximum absolute atomic E-state index is 11.7. The summed E-state index contributed by atoms with van der Waals surface area (Å²) in [6, 6.07) is 11.2. The summed E-state index contributed by atoms with van der Waals surface area (Å²) in [7, 11) is 0. The van der Waals surface area contributed by atoms with Crippen molar-refractivity contribution in [2.45, 2.75) is 19.8 Å². The number of rotatable bonds is 5. The van der Waals surface area contributed by atoms with Crippen LogP contribution in [0.25, 0.3) is 10.4 Å². The van der Waals surface area contributed by atoms with Crippen molar-refractivity contribution in [2.75, 3.05) is 11.6 Å². The van der Waals surface area contributed by atoms with E-state index in [0.29, 0.717) is 12.3 Å². The predicted octanol–water partition coefficient (Wildman–Crippen LogP) is 4.69. The number of amides is 1. The third kappa shape index (κ3) is 4.20. The number of hydrazine groups is 1. The van der Waals surface area contributed by atoms with Crippen LogP contribution in [0.3, 0.4) is 0 Å². The number of hydrogen-bond acceptors (Lipinski definition) is 4. The van der Waals surface area contributed by atoms with Gasteiger partial charge in [0.05, 0.1) is 16.6 Å². The van der Waals surface area contributed by atoms with Crippen LogP contribution in [-0.4, -0.2) is 12.7 Å². The third-order valence-corrected chi connectivity index (χ3v) is 4.20. The van der Waals surface area contributed by atoms with Crippen molar-refractivity contribution in [1.82, 2.24) is 0 Å². The molecule has 6 heteroatoms. The quantitative estimate of drug-likeness (QED) is 0.376. The number of halogens is 1. The van der Waals surface area contributed by atoms with E-state index in [-0.39, 0.29) is 0 Å². The number of nitrogens with two attached hydrogens (primary N) is 1. The fraction of sp³-hybridized carbons (Fsp3) is 0.267. The van der Waals surface area contributed by atoms with Crippen molar-refractivity contribution in [3.8, 4) is 10.4 Å². The highest BCUT2D eigenvalue weighted by Crippen LogP contribution is 2.31. The number of carbonyl (C=O) groups is 1. The highest BCUT2D eigenvalue weighted by atomic mass is 35.5. The van der Waals surface area contributed by atoms with Gasteiger partial charge in [0.1, 0.15) is 0 Å². The van der Waals surface area contributed by atoms with E-state index >= 15 is 0 Å². The first-order valence-corrected chi connectivity index (χ1v) is 7.88. The molecule has 2 rings (SSSR count). The largest absolute Gasteiger partial charge is 0.448 e. The molecule has 0 spiro atoms. The third-order valence-electron chi connectivity index (χ3n) is 2.92. The first-order chi connectivity index (χ1) is 10.1. The molecular formula is C15H17ClN2O2S. The van der Waals surface area contributed by atoms with Crippen molar-refractivity contribution in [3.63, 3.8) is 0 Å². The minimum absolute atomic E-state index is 0.384. The zero-order valence-electron chi connectivity index (χ0n) is 11.7. The molecule has 0 radical (unpaired) electrons. The van der Waals surface area contributed by atoms with E-state index in [1.807, 2.05) is 31.2 Å². The van der Waals surface area contributed by atoms with E-state index in [9.17, 15) is 4.79 Å². The molecule has 112 valence electrons. The van der Waals surface area contributed by atoms with Gasteiger partial charge in [-0.3, -0.25) is 0 Å². The summed E-state index contributed by atoms with van der Waals surface area (Å²) in [6.45, 7) is 2.42. The molecule has 0 aliphatic rings. The number of anilines is 1. The molecular weight excluding hydrogens is 308 g/mol. The Bertz CT molecular complexity index is 598. The first kappa shape index (κ1) is 15.8. The number of thiophene rings is 1. The Labute approximate surface area is 133 Å². The maximum atomic E-state index is 11.7. The lowest BCUT2D eigenvalue weighted by Crippen LogP contribution is -2.38. The van der Waals surface area contributed by atoms with Gasteiger partial charge in [-0.2, -0.15) is 0 Å². The van der Waals surface area contributed by atoms with Gasteiger partial charge >= 0.3 is 6.09 Å². The lowest BCUT2D eigenvalue weighted by atomic mass is 10.2. The van der Waals surface area contributed by atoms with Crippen molar-refractivity contribution < 1.29 is 9.53 Å². The predicted molar refractivity (Wildman–Crippen MR) is 87.7 cm³/mol. The molecule has 21 heavy (non-hydrogen) atoms. The zero-order chi connectivity index (χ0) is 15.2. The molecule has 0 saturated heterocycles. The average Bonchev–Trinajstić information content (AvgIpc) is 2.93. The van der Waals surface area contributed by atoms with Crippen LogP contribution in [0, 0.1) is 0 Å². The van der Waals surface area contributed by atoms with Gasteiger partial charge < -0.3 is 4.74 Å². The van der Waals surface area contributed by atoms with Gasteiger partial charge in [0.15, 0.2) is 0 Å². The van der Waals surface area contributed by atoms with Crippen molar-refractivity contribution in [3.05, 3.63) is 40.7 Å². The number of hydrogen-bond donors (Lipinski definition) is 1. The Hall–Kier alpha value is -1.56. The van der Waals surface area contributed by atoms with Gasteiger partial charge in [0.25, 0.3) is 0 Å². The van der Waals surface area contributed by atoms with Gasteiger partial charge in [0.2, 0.25) is 0 Å². The SMILES string of the molecule is CCCCOC(=O)N(N)c1ccc(-c2ccc(Cl)s2)cc1. The molecule has 4 nitrogen and oxygen atoms in total. The van der Waals surface area contributed by atoms with Gasteiger partial charge in [0, 0.05) is 4.88 Å². The Morgan fingerprint density at radius 3 is 2.57 bits per heavy atom. The number of nitrogens with zero attached hydrogens (tertiary/aromatic N) is 1. The number of benzene rings is 1. The smallest absolute Gasteiger partial charge is 0.428 e. The fourth-order valence-electron chi connectivity index (χ4n) is 1.73. The molecule has 0 aliphatic heterocycles. The average molecular weight is 325 g/mol. The van der Waals surface area contributed by atoms with Crippen LogP contribution in [0.5, 0.6) is 0 Å². The highest BCUT2D eigenvalue weighted by molar-refractivity contribution is 7.19. The number of ether oxygens (including phenoxy) is 1. The lowest BCUT2D eigenvalue weighted by molar-refractivity contribution is 0.152. The van der Waals surface area contributed by atoms with Crippen molar-refractivity contribution in [1.29, 1.82) is 0 Å². The van der Waals surface area contributed by atoms with Crippen LogP contribution in [0.4, 0.5) is 10.5 Å². The van der Waals surface area contributed by atoms with E-state index in [4.69, 9.17) is 22.2 Å². The molecule has 2 N–H and O–H groups in total. The van der Waals surface area contributed by atoms with E-state index < -0.39 is 6.09 Å². The zero-order valence-corrected chi connectivity index (χ0v) is 13.3. The molecule has 0 bridgehead atoms. The van der Waals surface area contributed by atoms with E-state index in [1.165, 1.54) is 11.3 Å². The first-order valence-electron chi connectivity index (χ1n) is 6.69. The lowest BCUT2D eigenvalue weighted by Gasteiger charge is -2.16. The van der Waals surface area contributed by atoms with Gasteiger partial charge in [-0.05, 0) is 36.2 Å². The second-order valence-corrected chi connectivity index (χ2v) is 6.20. The minimum Gasteiger partial charge on any atom is -0.448 e. The molecule has 0 aliphatic carbocycles. The Balaban J connectivity index is 2.02. The van der Waals surface area contributed by atoms with Crippen molar-refractivity contribution in [2.24, 2.45) is 5.84 Å². The van der Waals surface area contributed by atoms with E-state index in [1.54, 1.807) is 12.1 Å². The molecule has 0 saturated carbocycles. The summed E-state index contributed by atoms with van der Waals surface area (Å²) in [5.41, 5.74) is 1.62. The molecule has 0 unspecified atom stereocenters. The summed E-state index contributed by atoms with van der Waals surface area (Å²) in [5, 5.41) is 1.01. The van der Waals surface area contributed by atoms with Gasteiger partial charge in [-0.25, -0.2) is 15.6 Å². The number of carbonyl (C=O) groups excluding carboxylic acids is 1. The molecule has 1 amide bonds. The summed E-state index contributed by atoms with van der Waals surface area (Å²) in [4.78, 5) is 12.8. The molecule has 1 heterocycles. The fourth-order valence-corrected chi connectivity index (χ4v) is 2.78. The normalized spacial score (nSPS) is 10.4. The van der Waals surface area contributed by atoms with Crippen LogP contribution in [0.2, 0.25) is 4.34 Å². The molecule has 0 atom stereocenters. The van der Waals surface area contributed by atoms with Gasteiger partial charge in [-0.1, -0.05) is 37.1 Å². The minimum atomic E-state index is -0.546. The molecule has 1 aromatic heterocycles. The van der Waals surface area contributed by atoms with Crippen molar-refractivity contribution >= 4 is 34.7 Å². The second-order valence-electron chi connectivity index (χ2n) is 4.49. The second kappa shape index (κ2) is 7.45. The topological polar surface area (TPSA) is 55.6 Å². The van der Waals surface area contributed by atoms with E-state index in [0.717, 1.165) is 32.6 Å². The summed E-state index contributed by atoms with van der Waals surface area (Å²) in [6.07, 6.45) is 1.25. The Kier molecular flexibility index (Phi) is 5.61. The molecule has 2 aromatic rings. The summed E-state index contributed by atoms with van der Waals surface area (Å²) < 4.78 is 5.81. The van der Waals surface area contributed by atoms with Crippen LogP contribution in [0.15, 0.2) is 36.4 Å². The van der Waals surface area contributed by atoms with Crippen LogP contribution in [-0.2, 0) is 4.74 Å². The van der Waals surface area contributed by atoms with Crippen LogP contribution < -0.4 is 10.9 Å².